The van der Waals surface area contributed by atoms with E-state index in [0.717, 1.165) is 11.1 Å². The van der Waals surface area contributed by atoms with E-state index in [2.05, 4.69) is 9.97 Å². The number of carbonyl (C=O) groups is 1. The van der Waals surface area contributed by atoms with E-state index in [1.165, 1.54) is 10.4 Å². The highest BCUT2D eigenvalue weighted by molar-refractivity contribution is 7.89. The van der Waals surface area contributed by atoms with Crippen molar-refractivity contribution in [2.45, 2.75) is 24.8 Å². The Kier molecular flexibility index (Phi) is 3.50. The highest BCUT2D eigenvalue weighted by atomic mass is 32.2. The summed E-state index contributed by atoms with van der Waals surface area (Å²) >= 11 is 0. The van der Waals surface area contributed by atoms with Crippen LogP contribution >= 0.6 is 0 Å². The van der Waals surface area contributed by atoms with Crippen molar-refractivity contribution in [1.82, 2.24) is 14.3 Å². The predicted octanol–water partition coefficient (Wildman–Crippen LogP) is 1.16. The standard InChI is InChI=1S/C14H15N3O4S/c1-9-13(6-12(16-9)14(18)19)22(20,21)17-5-3-10-7-15-4-2-11(10)8-17/h2,4,6-7,16H,3,5,8H2,1H3,(H,18,19). The molecule has 7 nitrogen and oxygen atoms in total. The van der Waals surface area contributed by atoms with Crippen molar-refractivity contribution in [3.05, 3.63) is 47.0 Å². The Morgan fingerprint density at radius 1 is 1.41 bits per heavy atom. The molecule has 0 aliphatic carbocycles. The van der Waals surface area contributed by atoms with Gasteiger partial charge in [0, 0.05) is 31.2 Å². The van der Waals surface area contributed by atoms with Crippen LogP contribution in [0.1, 0.15) is 27.3 Å². The molecule has 2 aromatic rings. The van der Waals surface area contributed by atoms with Gasteiger partial charge >= 0.3 is 5.97 Å². The molecule has 3 rings (SSSR count). The monoisotopic (exact) mass is 321 g/mol. The number of pyridine rings is 1. The van der Waals surface area contributed by atoms with Gasteiger partial charge in [0.15, 0.2) is 0 Å². The summed E-state index contributed by atoms with van der Waals surface area (Å²) in [5, 5.41) is 8.98. The lowest BCUT2D eigenvalue weighted by molar-refractivity contribution is 0.0691. The first-order valence-corrected chi connectivity index (χ1v) is 8.18. The highest BCUT2D eigenvalue weighted by Crippen LogP contribution is 2.26. The lowest BCUT2D eigenvalue weighted by Crippen LogP contribution is -2.36. The second-order valence-corrected chi connectivity index (χ2v) is 7.12. The minimum absolute atomic E-state index is 0.0161. The topological polar surface area (TPSA) is 103 Å². The number of aromatic carboxylic acids is 1. The minimum atomic E-state index is -3.73. The first-order chi connectivity index (χ1) is 10.4. The lowest BCUT2D eigenvalue weighted by Gasteiger charge is -2.27. The number of aromatic amines is 1. The number of sulfonamides is 1. The molecular formula is C14H15N3O4S. The van der Waals surface area contributed by atoms with Crippen LogP contribution in [0.15, 0.2) is 29.4 Å². The first kappa shape index (κ1) is 14.7. The second-order valence-electron chi connectivity index (χ2n) is 5.21. The van der Waals surface area contributed by atoms with E-state index in [4.69, 9.17) is 5.11 Å². The number of carboxylic acid groups (broad SMARTS) is 1. The van der Waals surface area contributed by atoms with Crippen LogP contribution < -0.4 is 0 Å². The molecule has 0 bridgehead atoms. The van der Waals surface area contributed by atoms with Crippen molar-refractivity contribution in [3.63, 3.8) is 0 Å². The number of nitrogens with one attached hydrogen (secondary N) is 1. The SMILES string of the molecule is Cc1[nH]c(C(=O)O)cc1S(=O)(=O)N1CCc2cnccc2C1. The number of fused-ring (bicyclic) bond motifs is 1. The van der Waals surface area contributed by atoms with Gasteiger partial charge in [0.05, 0.1) is 0 Å². The van der Waals surface area contributed by atoms with Gasteiger partial charge in [0.1, 0.15) is 10.6 Å². The number of nitrogens with zero attached hydrogens (tertiary/aromatic N) is 2. The number of H-pyrrole nitrogens is 1. The van der Waals surface area contributed by atoms with Crippen LogP contribution in [0.3, 0.4) is 0 Å². The molecule has 1 aliphatic heterocycles. The van der Waals surface area contributed by atoms with Crippen molar-refractivity contribution < 1.29 is 18.3 Å². The Morgan fingerprint density at radius 3 is 2.86 bits per heavy atom. The zero-order valence-corrected chi connectivity index (χ0v) is 12.7. The number of rotatable bonds is 3. The summed E-state index contributed by atoms with van der Waals surface area (Å²) in [6, 6.07) is 2.98. The van der Waals surface area contributed by atoms with Gasteiger partial charge in [-0.2, -0.15) is 4.31 Å². The van der Waals surface area contributed by atoms with Crippen LogP contribution in [-0.4, -0.2) is 40.3 Å². The molecular weight excluding hydrogens is 306 g/mol. The maximum absolute atomic E-state index is 12.8. The molecule has 22 heavy (non-hydrogen) atoms. The van der Waals surface area contributed by atoms with Gasteiger partial charge in [0.2, 0.25) is 10.0 Å². The van der Waals surface area contributed by atoms with E-state index in [1.54, 1.807) is 19.3 Å². The summed E-state index contributed by atoms with van der Waals surface area (Å²) in [5.41, 5.74) is 2.18. The smallest absolute Gasteiger partial charge is 0.352 e. The Bertz CT molecular complexity index is 842. The van der Waals surface area contributed by atoms with Crippen molar-refractivity contribution in [2.24, 2.45) is 0 Å². The molecule has 0 amide bonds. The van der Waals surface area contributed by atoms with Gasteiger partial charge in [-0.1, -0.05) is 0 Å². The molecule has 116 valence electrons. The fourth-order valence-corrected chi connectivity index (χ4v) is 4.24. The third kappa shape index (κ3) is 2.40. The van der Waals surface area contributed by atoms with Gasteiger partial charge in [-0.25, -0.2) is 13.2 Å². The van der Waals surface area contributed by atoms with Crippen LogP contribution in [-0.2, 0) is 23.0 Å². The van der Waals surface area contributed by atoms with E-state index >= 15 is 0 Å². The Morgan fingerprint density at radius 2 is 2.18 bits per heavy atom. The zero-order chi connectivity index (χ0) is 15.9. The maximum atomic E-state index is 12.8. The minimum Gasteiger partial charge on any atom is -0.477 e. The largest absolute Gasteiger partial charge is 0.477 e. The average Bonchev–Trinajstić information content (AvgIpc) is 2.90. The van der Waals surface area contributed by atoms with E-state index in [1.807, 2.05) is 6.07 Å². The lowest BCUT2D eigenvalue weighted by atomic mass is 10.0. The third-order valence-corrected chi connectivity index (χ3v) is 5.77. The van der Waals surface area contributed by atoms with Gasteiger partial charge in [-0.3, -0.25) is 4.98 Å². The maximum Gasteiger partial charge on any atom is 0.352 e. The van der Waals surface area contributed by atoms with Gasteiger partial charge < -0.3 is 10.1 Å². The van der Waals surface area contributed by atoms with Gasteiger partial charge in [-0.15, -0.1) is 0 Å². The molecule has 2 N–H and O–H groups in total. The molecule has 0 aromatic carbocycles. The molecule has 0 atom stereocenters. The van der Waals surface area contributed by atoms with Crippen LogP contribution in [0.5, 0.6) is 0 Å². The first-order valence-electron chi connectivity index (χ1n) is 6.74. The van der Waals surface area contributed by atoms with Crippen molar-refractivity contribution in [1.29, 1.82) is 0 Å². The second kappa shape index (κ2) is 5.22. The summed E-state index contributed by atoms with van der Waals surface area (Å²) in [6.45, 7) is 2.18. The molecule has 8 heteroatoms. The molecule has 0 unspecified atom stereocenters. The van der Waals surface area contributed by atoms with Crippen LogP contribution in [0.2, 0.25) is 0 Å². The third-order valence-electron chi connectivity index (χ3n) is 3.80. The molecule has 0 radical (unpaired) electrons. The van der Waals surface area contributed by atoms with E-state index in [0.29, 0.717) is 18.7 Å². The summed E-state index contributed by atoms with van der Waals surface area (Å²) in [7, 11) is -3.73. The van der Waals surface area contributed by atoms with Gasteiger partial charge in [0.25, 0.3) is 0 Å². The van der Waals surface area contributed by atoms with E-state index in [9.17, 15) is 13.2 Å². The van der Waals surface area contributed by atoms with Crippen molar-refractivity contribution >= 4 is 16.0 Å². The van der Waals surface area contributed by atoms with Crippen LogP contribution in [0, 0.1) is 6.92 Å². The molecule has 2 aromatic heterocycles. The van der Waals surface area contributed by atoms with Crippen LogP contribution in [0.25, 0.3) is 0 Å². The predicted molar refractivity (Wildman–Crippen MR) is 78.0 cm³/mol. The molecule has 0 fully saturated rings. The van der Waals surface area contributed by atoms with Crippen molar-refractivity contribution in [2.75, 3.05) is 6.54 Å². The molecule has 3 heterocycles. The van der Waals surface area contributed by atoms with Crippen molar-refractivity contribution in [3.8, 4) is 0 Å². The number of carboxylic acids is 1. The number of hydrogen-bond acceptors (Lipinski definition) is 4. The quantitative estimate of drug-likeness (QED) is 0.883. The number of aromatic nitrogens is 2. The normalized spacial score (nSPS) is 15.5. The summed E-state index contributed by atoms with van der Waals surface area (Å²) < 4.78 is 26.9. The van der Waals surface area contributed by atoms with E-state index < -0.39 is 16.0 Å². The zero-order valence-electron chi connectivity index (χ0n) is 11.9. The Balaban J connectivity index is 1.96. The summed E-state index contributed by atoms with van der Waals surface area (Å²) in [6.07, 6.45) is 3.99. The van der Waals surface area contributed by atoms with E-state index in [-0.39, 0.29) is 17.1 Å². The molecule has 0 spiro atoms. The summed E-state index contributed by atoms with van der Waals surface area (Å²) in [4.78, 5) is 17.6. The summed E-state index contributed by atoms with van der Waals surface area (Å²) in [5.74, 6) is -1.18. The molecule has 0 saturated heterocycles. The average molecular weight is 321 g/mol. The fraction of sp³-hybridized carbons (Fsp3) is 0.286. The van der Waals surface area contributed by atoms with Gasteiger partial charge in [-0.05, 0) is 36.6 Å². The van der Waals surface area contributed by atoms with Crippen LogP contribution in [0.4, 0.5) is 0 Å². The Hall–Kier alpha value is -2.19. The fourth-order valence-electron chi connectivity index (χ4n) is 2.62. The Labute approximate surface area is 127 Å². The number of aryl methyl sites for hydroxylation is 1. The number of hydrogen-bond donors (Lipinski definition) is 2. The highest BCUT2D eigenvalue weighted by Gasteiger charge is 2.31. The molecule has 1 aliphatic rings. The molecule has 0 saturated carbocycles.